The number of hydrogen-bond donors (Lipinski definition) is 1. The normalized spacial score (nSPS) is 29.4. The van der Waals surface area contributed by atoms with Crippen LogP contribution >= 0.6 is 15.9 Å². The monoisotopic (exact) mass is 596 g/mol. The third-order valence-electron chi connectivity index (χ3n) is 8.09. The lowest BCUT2D eigenvalue weighted by atomic mass is 9.70. The third kappa shape index (κ3) is 6.36. The van der Waals surface area contributed by atoms with Crippen LogP contribution in [0.2, 0.25) is 0 Å². The van der Waals surface area contributed by atoms with E-state index in [9.17, 15) is 14.4 Å². The van der Waals surface area contributed by atoms with Gasteiger partial charge < -0.3 is 24.4 Å². The van der Waals surface area contributed by atoms with E-state index >= 15 is 0 Å². The zero-order valence-electron chi connectivity index (χ0n) is 22.8. The molecule has 3 aliphatic heterocycles. The lowest BCUT2D eigenvalue weighted by molar-refractivity contribution is -0.155. The molecule has 2 bridgehead atoms. The van der Waals surface area contributed by atoms with E-state index in [2.05, 4.69) is 36.0 Å². The first-order valence-corrected chi connectivity index (χ1v) is 15.2. The third-order valence-corrected chi connectivity index (χ3v) is 8.94. The number of fused-ring (bicyclic) bond motifs is 1. The van der Waals surface area contributed by atoms with Crippen molar-refractivity contribution in [2.45, 2.75) is 93.7 Å². The Morgan fingerprint density at radius 1 is 1.18 bits per heavy atom. The molecular formula is C29H45BrN2O6. The SMILES string of the molecule is C=CCCCOC(=O)[C@H]1[C@H]2C(=O)N(CCCCCCO)C(C(=O)N(CC=C)CCCCC)C23CC(Br)[C@@H]1O3. The van der Waals surface area contributed by atoms with Gasteiger partial charge in [0.05, 0.1) is 24.5 Å². The molecule has 9 heteroatoms. The summed E-state index contributed by atoms with van der Waals surface area (Å²) in [6, 6.07) is -0.789. The van der Waals surface area contributed by atoms with Gasteiger partial charge in [0.2, 0.25) is 11.8 Å². The van der Waals surface area contributed by atoms with Crippen molar-refractivity contribution in [2.75, 3.05) is 32.8 Å². The molecule has 0 radical (unpaired) electrons. The summed E-state index contributed by atoms with van der Waals surface area (Å²) in [4.78, 5) is 44.9. The van der Waals surface area contributed by atoms with Crippen LogP contribution in [0.5, 0.6) is 0 Å². The Morgan fingerprint density at radius 2 is 1.95 bits per heavy atom. The minimum atomic E-state index is -1.06. The Labute approximate surface area is 235 Å². The predicted molar refractivity (Wildman–Crippen MR) is 150 cm³/mol. The first-order valence-electron chi connectivity index (χ1n) is 14.3. The van der Waals surface area contributed by atoms with Crippen LogP contribution in [0, 0.1) is 11.8 Å². The number of carbonyl (C=O) groups is 3. The van der Waals surface area contributed by atoms with E-state index in [0.29, 0.717) is 45.3 Å². The Hall–Kier alpha value is -1.71. The molecule has 3 unspecified atom stereocenters. The van der Waals surface area contributed by atoms with Gasteiger partial charge in [-0.15, -0.1) is 13.2 Å². The van der Waals surface area contributed by atoms with Gasteiger partial charge in [-0.1, -0.05) is 60.7 Å². The molecular weight excluding hydrogens is 552 g/mol. The quantitative estimate of drug-likeness (QED) is 0.111. The molecule has 0 aromatic heterocycles. The number of esters is 1. The summed E-state index contributed by atoms with van der Waals surface area (Å²) >= 11 is 3.70. The number of rotatable bonds is 18. The van der Waals surface area contributed by atoms with Crippen molar-refractivity contribution in [1.82, 2.24) is 9.80 Å². The summed E-state index contributed by atoms with van der Waals surface area (Å²) in [6.07, 6.45) is 10.9. The van der Waals surface area contributed by atoms with E-state index < -0.39 is 35.6 Å². The Bertz CT molecular complexity index is 853. The molecule has 3 rings (SSSR count). The first-order chi connectivity index (χ1) is 18.4. The van der Waals surface area contributed by atoms with Crippen LogP contribution in [0.4, 0.5) is 0 Å². The molecule has 3 fully saturated rings. The maximum absolute atomic E-state index is 14.2. The minimum absolute atomic E-state index is 0.132. The molecule has 214 valence electrons. The van der Waals surface area contributed by atoms with E-state index in [4.69, 9.17) is 14.6 Å². The number of hydrogen-bond acceptors (Lipinski definition) is 6. The number of unbranched alkanes of at least 4 members (excludes halogenated alkanes) is 6. The lowest BCUT2D eigenvalue weighted by Gasteiger charge is -2.37. The van der Waals surface area contributed by atoms with Crippen molar-refractivity contribution in [2.24, 2.45) is 11.8 Å². The van der Waals surface area contributed by atoms with Gasteiger partial charge in [0.1, 0.15) is 11.6 Å². The van der Waals surface area contributed by atoms with Crippen LogP contribution in [0.15, 0.2) is 25.3 Å². The van der Waals surface area contributed by atoms with Gasteiger partial charge in [0.15, 0.2) is 0 Å². The van der Waals surface area contributed by atoms with Crippen LogP contribution in [-0.4, -0.2) is 88.1 Å². The Morgan fingerprint density at radius 3 is 2.63 bits per heavy atom. The van der Waals surface area contributed by atoms with Gasteiger partial charge in [0.25, 0.3) is 0 Å². The number of ether oxygens (including phenoxy) is 2. The molecule has 38 heavy (non-hydrogen) atoms. The van der Waals surface area contributed by atoms with Crippen LogP contribution in [0.25, 0.3) is 0 Å². The summed E-state index contributed by atoms with van der Waals surface area (Å²) < 4.78 is 12.2. The second kappa shape index (κ2) is 14.6. The van der Waals surface area contributed by atoms with Crippen molar-refractivity contribution >= 4 is 33.7 Å². The second-order valence-electron chi connectivity index (χ2n) is 10.7. The summed E-state index contributed by atoms with van der Waals surface area (Å²) in [7, 11) is 0. The maximum Gasteiger partial charge on any atom is 0.312 e. The first kappa shape index (κ1) is 30.8. The molecule has 0 aromatic rings. The molecule has 1 spiro atoms. The highest BCUT2D eigenvalue weighted by atomic mass is 79.9. The molecule has 0 aliphatic carbocycles. The van der Waals surface area contributed by atoms with Gasteiger partial charge in [-0.25, -0.2) is 0 Å². The van der Waals surface area contributed by atoms with Crippen LogP contribution < -0.4 is 0 Å². The van der Waals surface area contributed by atoms with Crippen molar-refractivity contribution in [1.29, 1.82) is 0 Å². The molecule has 1 N–H and O–H groups in total. The fourth-order valence-corrected chi connectivity index (χ4v) is 7.28. The number of allylic oxidation sites excluding steroid dienone is 1. The minimum Gasteiger partial charge on any atom is -0.465 e. The van der Waals surface area contributed by atoms with E-state index in [1.54, 1.807) is 22.0 Å². The average Bonchev–Trinajstić information content (AvgIpc) is 3.49. The smallest absolute Gasteiger partial charge is 0.312 e. The topological polar surface area (TPSA) is 96.4 Å². The highest BCUT2D eigenvalue weighted by Crippen LogP contribution is 2.60. The van der Waals surface area contributed by atoms with E-state index in [1.807, 2.05) is 0 Å². The van der Waals surface area contributed by atoms with Crippen molar-refractivity contribution in [3.8, 4) is 0 Å². The number of nitrogens with zero attached hydrogens (tertiary/aromatic N) is 2. The molecule has 3 heterocycles. The summed E-state index contributed by atoms with van der Waals surface area (Å²) in [5.41, 5.74) is -1.06. The van der Waals surface area contributed by atoms with Gasteiger partial charge in [0, 0.05) is 31.1 Å². The zero-order chi connectivity index (χ0) is 27.7. The van der Waals surface area contributed by atoms with Crippen LogP contribution in [-0.2, 0) is 23.9 Å². The maximum atomic E-state index is 14.2. The largest absolute Gasteiger partial charge is 0.465 e. The number of halogens is 1. The average molecular weight is 598 g/mol. The van der Waals surface area contributed by atoms with E-state index in [-0.39, 0.29) is 29.9 Å². The Balaban J connectivity index is 1.90. The van der Waals surface area contributed by atoms with E-state index in [1.165, 1.54) is 0 Å². The molecule has 3 saturated heterocycles. The number of aliphatic hydroxyl groups excluding tert-OH is 1. The molecule has 6 atom stereocenters. The zero-order valence-corrected chi connectivity index (χ0v) is 24.4. The summed E-state index contributed by atoms with van der Waals surface area (Å²) in [5.74, 6) is -2.22. The predicted octanol–water partition coefficient (Wildman–Crippen LogP) is 4.00. The number of alkyl halides is 1. The number of likely N-dealkylation sites (tertiary alicyclic amines) is 1. The molecule has 3 aliphatic rings. The van der Waals surface area contributed by atoms with Crippen molar-refractivity contribution in [3.05, 3.63) is 25.3 Å². The molecule has 0 saturated carbocycles. The van der Waals surface area contributed by atoms with Gasteiger partial charge in [-0.3, -0.25) is 14.4 Å². The second-order valence-corrected chi connectivity index (χ2v) is 11.9. The number of amides is 2. The standard InChI is InChI=1S/C29H45BrN2O6/c1-4-7-11-16-31(15-6-3)27(35)25-29-20-21(30)24(38-29)22(28(36)37-19-14-8-5-2)23(29)26(34)32(25)17-12-9-10-13-18-33/h5-6,21-25,33H,2-4,7-20H2,1H3/t21?,22-,23-,24-,25?,29?/m0/s1. The van der Waals surface area contributed by atoms with Gasteiger partial charge >= 0.3 is 5.97 Å². The summed E-state index contributed by atoms with van der Waals surface area (Å²) in [6.45, 7) is 11.5. The Kier molecular flexibility index (Phi) is 11.9. The van der Waals surface area contributed by atoms with Crippen molar-refractivity contribution in [3.63, 3.8) is 0 Å². The summed E-state index contributed by atoms with van der Waals surface area (Å²) in [5, 5.41) is 9.12. The number of aliphatic hydroxyl groups is 1. The highest BCUT2D eigenvalue weighted by molar-refractivity contribution is 9.09. The van der Waals surface area contributed by atoms with E-state index in [0.717, 1.165) is 38.5 Å². The van der Waals surface area contributed by atoms with Gasteiger partial charge in [-0.2, -0.15) is 0 Å². The van der Waals surface area contributed by atoms with Crippen LogP contribution in [0.1, 0.15) is 71.1 Å². The number of carbonyl (C=O) groups excluding carboxylic acids is 3. The fraction of sp³-hybridized carbons (Fsp3) is 0.759. The lowest BCUT2D eigenvalue weighted by Crippen LogP contribution is -2.57. The molecule has 8 nitrogen and oxygen atoms in total. The van der Waals surface area contributed by atoms with Gasteiger partial charge in [-0.05, 0) is 38.5 Å². The molecule has 2 amide bonds. The van der Waals surface area contributed by atoms with Crippen LogP contribution in [0.3, 0.4) is 0 Å². The fourth-order valence-electron chi connectivity index (χ4n) is 6.34. The highest BCUT2D eigenvalue weighted by Gasteiger charge is 2.77. The molecule has 0 aromatic carbocycles. The van der Waals surface area contributed by atoms with Crippen molar-refractivity contribution < 1.29 is 29.0 Å².